The van der Waals surface area contributed by atoms with E-state index in [1.165, 1.54) is 6.07 Å². The van der Waals surface area contributed by atoms with E-state index in [1.54, 1.807) is 19.2 Å². The molecule has 0 saturated heterocycles. The normalized spacial score (nSPS) is 11.5. The first-order valence-electron chi connectivity index (χ1n) is 6.05. The van der Waals surface area contributed by atoms with Gasteiger partial charge in [0.25, 0.3) is 0 Å². The third-order valence-corrected chi connectivity index (χ3v) is 2.60. The zero-order valence-electron chi connectivity index (χ0n) is 11.0. The Morgan fingerprint density at radius 3 is 2.62 bits per heavy atom. The largest absolute Gasteiger partial charge is 0.439 e. The fourth-order valence-electron chi connectivity index (χ4n) is 1.70. The first kappa shape index (κ1) is 15.2. The Hall–Kier alpha value is -2.15. The van der Waals surface area contributed by atoms with E-state index in [1.807, 2.05) is 0 Å². The second-order valence-corrected chi connectivity index (χ2v) is 4.24. The molecule has 21 heavy (non-hydrogen) atoms. The number of hydrogen-bond acceptors (Lipinski definition) is 3. The van der Waals surface area contributed by atoms with Crippen LogP contribution in [0.15, 0.2) is 36.4 Å². The molecular weight excluding hydrogens is 288 g/mol. The quantitative estimate of drug-likeness (QED) is 0.873. The van der Waals surface area contributed by atoms with E-state index >= 15 is 0 Å². The van der Waals surface area contributed by atoms with E-state index in [-0.39, 0.29) is 11.6 Å². The van der Waals surface area contributed by atoms with Gasteiger partial charge in [-0.3, -0.25) is 0 Å². The van der Waals surface area contributed by atoms with E-state index in [9.17, 15) is 17.6 Å². The van der Waals surface area contributed by atoms with Crippen molar-refractivity contribution in [3.8, 4) is 11.6 Å². The fraction of sp³-hybridized carbons (Fsp3) is 0.214. The van der Waals surface area contributed by atoms with E-state index in [2.05, 4.69) is 10.3 Å². The summed E-state index contributed by atoms with van der Waals surface area (Å²) in [7, 11) is 1.74. The number of hydrogen-bond donors (Lipinski definition) is 1. The molecule has 0 aliphatic carbocycles. The van der Waals surface area contributed by atoms with Gasteiger partial charge in [0.15, 0.2) is 0 Å². The van der Waals surface area contributed by atoms with Gasteiger partial charge in [0, 0.05) is 12.6 Å². The molecule has 1 N–H and O–H groups in total. The summed E-state index contributed by atoms with van der Waals surface area (Å²) in [6.45, 7) is 0.494. The fourth-order valence-corrected chi connectivity index (χ4v) is 1.70. The minimum absolute atomic E-state index is 0.127. The molecule has 1 aromatic heterocycles. The van der Waals surface area contributed by atoms with Crippen molar-refractivity contribution < 1.29 is 22.3 Å². The van der Waals surface area contributed by atoms with Gasteiger partial charge in [0.05, 0.1) is 11.3 Å². The van der Waals surface area contributed by atoms with Crippen LogP contribution < -0.4 is 10.1 Å². The maximum absolute atomic E-state index is 13.2. The molecule has 7 heteroatoms. The Kier molecular flexibility index (Phi) is 4.42. The molecule has 0 bridgehead atoms. The van der Waals surface area contributed by atoms with E-state index in [0.717, 1.165) is 12.1 Å². The van der Waals surface area contributed by atoms with Gasteiger partial charge < -0.3 is 10.1 Å². The summed E-state index contributed by atoms with van der Waals surface area (Å²) in [6, 6.07) is 7.38. The predicted molar refractivity (Wildman–Crippen MR) is 68.5 cm³/mol. The predicted octanol–water partition coefficient (Wildman–Crippen LogP) is 3.75. The van der Waals surface area contributed by atoms with Crippen LogP contribution in [-0.4, -0.2) is 12.0 Å². The molecule has 0 atom stereocenters. The Labute approximate surface area is 118 Å². The molecule has 1 aromatic carbocycles. The third kappa shape index (κ3) is 3.91. The van der Waals surface area contributed by atoms with Crippen molar-refractivity contribution in [2.75, 3.05) is 7.05 Å². The number of rotatable bonds is 4. The van der Waals surface area contributed by atoms with Crippen molar-refractivity contribution in [3.05, 3.63) is 53.5 Å². The lowest BCUT2D eigenvalue weighted by Gasteiger charge is -2.11. The Morgan fingerprint density at radius 2 is 1.95 bits per heavy atom. The number of nitrogens with zero attached hydrogens (tertiary/aromatic N) is 1. The molecule has 0 unspecified atom stereocenters. The molecule has 0 radical (unpaired) electrons. The van der Waals surface area contributed by atoms with E-state index in [0.29, 0.717) is 18.3 Å². The smallest absolute Gasteiger partial charge is 0.419 e. The first-order valence-corrected chi connectivity index (χ1v) is 6.05. The lowest BCUT2D eigenvalue weighted by molar-refractivity contribution is -0.140. The Morgan fingerprint density at radius 1 is 1.19 bits per heavy atom. The van der Waals surface area contributed by atoms with Crippen LogP contribution in [0.2, 0.25) is 0 Å². The summed E-state index contributed by atoms with van der Waals surface area (Å²) in [4.78, 5) is 4.11. The molecule has 3 nitrogen and oxygen atoms in total. The molecule has 0 spiro atoms. The molecule has 2 aromatic rings. The number of halogens is 4. The van der Waals surface area contributed by atoms with Gasteiger partial charge in [-0.15, -0.1) is 0 Å². The number of benzene rings is 1. The molecule has 1 heterocycles. The van der Waals surface area contributed by atoms with E-state index < -0.39 is 17.6 Å². The van der Waals surface area contributed by atoms with Crippen molar-refractivity contribution in [3.63, 3.8) is 0 Å². The summed E-state index contributed by atoms with van der Waals surface area (Å²) >= 11 is 0. The topological polar surface area (TPSA) is 34.1 Å². The number of pyridine rings is 1. The van der Waals surface area contributed by atoms with Crippen LogP contribution in [0.4, 0.5) is 17.6 Å². The number of ether oxygens (including phenoxy) is 1. The molecule has 112 valence electrons. The molecule has 2 rings (SSSR count). The summed E-state index contributed by atoms with van der Waals surface area (Å²) in [6.07, 6.45) is -4.77. The van der Waals surface area contributed by atoms with Gasteiger partial charge in [-0.2, -0.15) is 13.2 Å². The van der Waals surface area contributed by atoms with Crippen molar-refractivity contribution >= 4 is 0 Å². The van der Waals surface area contributed by atoms with Crippen LogP contribution in [-0.2, 0) is 12.7 Å². The van der Waals surface area contributed by atoms with Crippen LogP contribution in [0.1, 0.15) is 11.3 Å². The average molecular weight is 300 g/mol. The average Bonchev–Trinajstić information content (AvgIpc) is 2.40. The van der Waals surface area contributed by atoms with Crippen molar-refractivity contribution in [2.24, 2.45) is 0 Å². The number of nitrogens with one attached hydrogen (secondary N) is 1. The van der Waals surface area contributed by atoms with E-state index in [4.69, 9.17) is 4.74 Å². The lowest BCUT2D eigenvalue weighted by atomic mass is 10.2. The zero-order valence-corrected chi connectivity index (χ0v) is 11.0. The molecule has 0 saturated carbocycles. The van der Waals surface area contributed by atoms with Crippen molar-refractivity contribution in [1.29, 1.82) is 0 Å². The molecule has 0 aliphatic heterocycles. The summed E-state index contributed by atoms with van der Waals surface area (Å²) in [5, 5.41) is 2.90. The second kappa shape index (κ2) is 6.09. The Balaban J connectivity index is 2.26. The lowest BCUT2D eigenvalue weighted by Crippen LogP contribution is -2.08. The number of aromatic nitrogens is 1. The van der Waals surface area contributed by atoms with Crippen LogP contribution >= 0.6 is 0 Å². The monoisotopic (exact) mass is 300 g/mol. The van der Waals surface area contributed by atoms with Gasteiger partial charge in [-0.25, -0.2) is 9.37 Å². The van der Waals surface area contributed by atoms with Gasteiger partial charge in [0.2, 0.25) is 5.88 Å². The summed E-state index contributed by atoms with van der Waals surface area (Å²) < 4.78 is 56.3. The van der Waals surface area contributed by atoms with Crippen LogP contribution in [0.5, 0.6) is 11.6 Å². The van der Waals surface area contributed by atoms with Gasteiger partial charge in [-0.1, -0.05) is 6.07 Å². The highest BCUT2D eigenvalue weighted by Gasteiger charge is 2.34. The molecule has 0 fully saturated rings. The SMILES string of the molecule is CNCc1cccc(Oc2ccc(F)c(C(F)(F)F)c2)n1. The minimum atomic E-state index is -4.77. The molecule has 0 amide bonds. The highest BCUT2D eigenvalue weighted by atomic mass is 19.4. The van der Waals surface area contributed by atoms with Crippen molar-refractivity contribution in [2.45, 2.75) is 12.7 Å². The summed E-state index contributed by atoms with van der Waals surface area (Å²) in [5.74, 6) is -1.33. The van der Waals surface area contributed by atoms with Crippen molar-refractivity contribution in [1.82, 2.24) is 10.3 Å². The zero-order chi connectivity index (χ0) is 15.5. The van der Waals surface area contributed by atoms with Crippen LogP contribution in [0.25, 0.3) is 0 Å². The van der Waals surface area contributed by atoms with Crippen LogP contribution in [0, 0.1) is 5.82 Å². The Bertz CT molecular complexity index is 629. The third-order valence-electron chi connectivity index (χ3n) is 2.60. The van der Waals surface area contributed by atoms with Crippen LogP contribution in [0.3, 0.4) is 0 Å². The highest BCUT2D eigenvalue weighted by molar-refractivity contribution is 5.34. The molecule has 0 aliphatic rings. The standard InChI is InChI=1S/C14H12F4N2O/c1-19-8-9-3-2-4-13(20-9)21-10-5-6-12(15)11(7-10)14(16,17)18/h2-7,19H,8H2,1H3. The van der Waals surface area contributed by atoms with Gasteiger partial charge in [-0.05, 0) is 31.3 Å². The van der Waals surface area contributed by atoms with Gasteiger partial charge >= 0.3 is 6.18 Å². The maximum atomic E-state index is 13.2. The second-order valence-electron chi connectivity index (χ2n) is 4.24. The minimum Gasteiger partial charge on any atom is -0.439 e. The molecular formula is C14H12F4N2O. The first-order chi connectivity index (χ1) is 9.90. The maximum Gasteiger partial charge on any atom is 0.419 e. The number of alkyl halides is 3. The highest BCUT2D eigenvalue weighted by Crippen LogP contribution is 2.34. The summed E-state index contributed by atoms with van der Waals surface area (Å²) in [5.41, 5.74) is -0.695. The van der Waals surface area contributed by atoms with Gasteiger partial charge in [0.1, 0.15) is 11.6 Å².